The van der Waals surface area contributed by atoms with Gasteiger partial charge in [0.1, 0.15) is 25.4 Å². The molecular weight excluding hydrogens is 1430 g/mol. The molecule has 0 spiro atoms. The number of allylic oxidation sites excluding steroid dienone is 32. The highest BCUT2D eigenvalue weighted by molar-refractivity contribution is 7.47. The lowest BCUT2D eigenvalue weighted by molar-refractivity contribution is -0.161. The van der Waals surface area contributed by atoms with E-state index in [4.69, 9.17) is 32.3 Å². The molecule has 0 aliphatic carbocycles. The zero-order chi connectivity index (χ0) is 80.8. The fourth-order valence-electron chi connectivity index (χ4n) is 10.9. The molecule has 111 heavy (non-hydrogen) atoms. The summed E-state index contributed by atoms with van der Waals surface area (Å²) in [6, 6.07) is 0. The maximum Gasteiger partial charge on any atom is 0.472 e. The third-order valence-electron chi connectivity index (χ3n) is 17.3. The molecule has 0 aromatic rings. The molecule has 0 amide bonds. The second-order valence-corrected chi connectivity index (χ2v) is 30.8. The Balaban J connectivity index is 4.64. The van der Waals surface area contributed by atoms with Crippen LogP contribution >= 0.6 is 15.6 Å². The van der Waals surface area contributed by atoms with Crippen molar-refractivity contribution in [1.29, 1.82) is 0 Å². The first kappa shape index (κ1) is 105. The van der Waals surface area contributed by atoms with Gasteiger partial charge in [0, 0.05) is 19.3 Å². The quantitative estimate of drug-likeness (QED) is 0.0146. The van der Waals surface area contributed by atoms with Crippen molar-refractivity contribution in [1.82, 2.24) is 0 Å². The number of hydrogen-bond donors (Lipinski definition) is 4. The molecule has 0 saturated heterocycles. The van der Waals surface area contributed by atoms with Crippen molar-refractivity contribution in [2.45, 2.75) is 334 Å². The first-order valence-electron chi connectivity index (χ1n) is 42.7. The van der Waals surface area contributed by atoms with Gasteiger partial charge in [-0.15, -0.1) is 0 Å². The number of hydrogen-bond acceptors (Lipinski definition) is 14. The van der Waals surface area contributed by atoms with Crippen molar-refractivity contribution in [3.63, 3.8) is 0 Å². The molecule has 0 rings (SSSR count). The van der Waals surface area contributed by atoms with Crippen LogP contribution in [0.1, 0.15) is 316 Å². The number of aliphatic hydroxyl groups excluding tert-OH is 2. The van der Waals surface area contributed by atoms with Gasteiger partial charge in [-0.05, 0) is 154 Å². The topological polar surface area (TPSA) is 231 Å². The molecule has 0 heterocycles. The van der Waals surface area contributed by atoms with Gasteiger partial charge < -0.3 is 34.2 Å². The van der Waals surface area contributed by atoms with Crippen LogP contribution in [0.25, 0.3) is 0 Å². The van der Waals surface area contributed by atoms with E-state index in [0.717, 1.165) is 148 Å². The number of unbranched alkanes of at least 4 members (excludes halogenated alkanes) is 24. The molecule has 4 N–H and O–H groups in total. The predicted octanol–water partition coefficient (Wildman–Crippen LogP) is 25.9. The van der Waals surface area contributed by atoms with Crippen LogP contribution in [0.5, 0.6) is 0 Å². The molecule has 0 saturated carbocycles. The fourth-order valence-corrected chi connectivity index (χ4v) is 12.5. The summed E-state index contributed by atoms with van der Waals surface area (Å²) >= 11 is 0. The van der Waals surface area contributed by atoms with E-state index >= 15 is 0 Å². The first-order valence-corrected chi connectivity index (χ1v) is 45.7. The van der Waals surface area contributed by atoms with E-state index in [1.807, 2.05) is 18.2 Å². The van der Waals surface area contributed by atoms with E-state index in [-0.39, 0.29) is 19.3 Å². The van der Waals surface area contributed by atoms with Crippen LogP contribution < -0.4 is 0 Å². The Bertz CT molecular complexity index is 2800. The van der Waals surface area contributed by atoms with Crippen molar-refractivity contribution in [3.05, 3.63) is 194 Å². The van der Waals surface area contributed by atoms with Gasteiger partial charge in [0.25, 0.3) is 0 Å². The Morgan fingerprint density at radius 3 is 0.793 bits per heavy atom. The van der Waals surface area contributed by atoms with E-state index in [1.54, 1.807) is 0 Å². The Morgan fingerprint density at radius 2 is 0.495 bits per heavy atom. The standard InChI is InChI=1S/C93H152O16P2/c1-4-7-10-13-16-19-22-25-28-31-34-36-38-40-41-42-43-44-45-47-49-50-53-55-58-61-64-67-70-73-76-79-91(96)103-82-88(94)83-105-110(99,100)106-84-89(95)85-107-111(101,102)108-87-90(109-93(98)81-78-75-72-69-66-63-60-57-52-33-30-27-24-21-18-15-12-9-6-3)86-104-92(97)80-77-74-71-68-65-62-59-56-54-51-48-46-39-37-35-32-29-26-23-20-17-14-11-8-5-2/h7,9-10,12,16-21,25-30,34-37,40-41,43-44,46,48,52,57,63,66,72,75,88-90,94-95H,4-6,8,11,13-15,22-24,31-33,38-39,42,45,47,49-51,53-56,58-62,64-65,67-71,73-74,76-87H2,1-3H3,(H,99,100)(H,101,102)/b10-7-,12-9-,19-16-,20-17-,21-18-,28-25-,29-26-,30-27-,36-34-,37-35-,41-40-,44-43-,48-46-,57-52-,66-63-,75-72-. The van der Waals surface area contributed by atoms with Crippen LogP contribution in [0, 0.1) is 0 Å². The summed E-state index contributed by atoms with van der Waals surface area (Å²) < 4.78 is 61.2. The number of carbonyl (C=O) groups excluding carboxylic acids is 3. The molecule has 0 bridgehead atoms. The lowest BCUT2D eigenvalue weighted by atomic mass is 10.0. The van der Waals surface area contributed by atoms with Gasteiger partial charge >= 0.3 is 33.6 Å². The van der Waals surface area contributed by atoms with E-state index in [2.05, 4.69) is 197 Å². The largest absolute Gasteiger partial charge is 0.472 e. The molecule has 5 atom stereocenters. The zero-order valence-electron chi connectivity index (χ0n) is 69.1. The Kier molecular flexibility index (Phi) is 79.6. The number of carbonyl (C=O) groups is 3. The summed E-state index contributed by atoms with van der Waals surface area (Å²) in [5, 5.41) is 20.7. The molecule has 0 aliphatic heterocycles. The second-order valence-electron chi connectivity index (χ2n) is 27.9. The van der Waals surface area contributed by atoms with Gasteiger partial charge in [0.15, 0.2) is 6.10 Å². The lowest BCUT2D eigenvalue weighted by Gasteiger charge is -2.21. The van der Waals surface area contributed by atoms with Crippen molar-refractivity contribution in [2.75, 3.05) is 39.6 Å². The highest BCUT2D eigenvalue weighted by Gasteiger charge is 2.29. The van der Waals surface area contributed by atoms with Gasteiger partial charge in [0.2, 0.25) is 0 Å². The third-order valence-corrected chi connectivity index (χ3v) is 19.2. The summed E-state index contributed by atoms with van der Waals surface area (Å²) in [6.45, 7) is 2.33. The normalized spacial score (nSPS) is 14.8. The van der Waals surface area contributed by atoms with Crippen molar-refractivity contribution >= 4 is 33.6 Å². The number of phosphoric acid groups is 2. The van der Waals surface area contributed by atoms with Crippen LogP contribution in [0.15, 0.2) is 194 Å². The summed E-state index contributed by atoms with van der Waals surface area (Å²) in [5.41, 5.74) is 0. The minimum Gasteiger partial charge on any atom is -0.463 e. The SMILES string of the molecule is CC/C=C\C/C=C\C/C=C\C/C=C\C/C=C\C/C=C\CCCCCCCCCCCCCCC(=O)OCC(O)COP(=O)(O)OCC(O)COP(=O)(O)OCC(COC(=O)CCCCCCCCCCC/C=C\C/C=C\C/C=C\C/C=C\CCCCC)OC(=O)CC/C=C\C/C=C\C/C=C\C/C=C\C/C=C\C/C=C\CC. The van der Waals surface area contributed by atoms with Crippen LogP contribution in [0.4, 0.5) is 0 Å². The third kappa shape index (κ3) is 85.1. The van der Waals surface area contributed by atoms with Gasteiger partial charge in [-0.25, -0.2) is 9.13 Å². The van der Waals surface area contributed by atoms with Crippen molar-refractivity contribution in [3.8, 4) is 0 Å². The number of ether oxygens (including phenoxy) is 3. The Labute approximate surface area is 674 Å². The maximum atomic E-state index is 13.0. The van der Waals surface area contributed by atoms with E-state index in [1.165, 1.54) is 103 Å². The summed E-state index contributed by atoms with van der Waals surface area (Å²) in [5.74, 6) is -1.69. The van der Waals surface area contributed by atoms with Crippen LogP contribution in [0.2, 0.25) is 0 Å². The second kappa shape index (κ2) is 83.8. The monoisotopic (exact) mass is 1590 g/mol. The number of rotatable bonds is 79. The van der Waals surface area contributed by atoms with Crippen molar-refractivity contribution < 1.29 is 75.8 Å². The van der Waals surface area contributed by atoms with E-state index < -0.39 is 91.5 Å². The smallest absolute Gasteiger partial charge is 0.463 e. The summed E-state index contributed by atoms with van der Waals surface area (Å²) in [6.07, 6.45) is 111. The van der Waals surface area contributed by atoms with Crippen LogP contribution in [-0.4, -0.2) is 95.9 Å². The molecule has 0 aromatic carbocycles. The van der Waals surface area contributed by atoms with Gasteiger partial charge in [-0.2, -0.15) is 0 Å². The summed E-state index contributed by atoms with van der Waals surface area (Å²) in [7, 11) is -9.84. The number of aliphatic hydroxyl groups is 2. The fraction of sp³-hybridized carbons (Fsp3) is 0.624. The Morgan fingerprint density at radius 1 is 0.261 bits per heavy atom. The minimum atomic E-state index is -4.97. The number of phosphoric ester groups is 2. The predicted molar refractivity (Wildman–Crippen MR) is 463 cm³/mol. The molecule has 0 aromatic heterocycles. The molecule has 0 fully saturated rings. The highest BCUT2D eigenvalue weighted by atomic mass is 31.2. The highest BCUT2D eigenvalue weighted by Crippen LogP contribution is 2.45. The average Bonchev–Trinajstić information content (AvgIpc) is 0.895. The average molecular weight is 1590 g/mol. The molecule has 18 heteroatoms. The lowest BCUT2D eigenvalue weighted by Crippen LogP contribution is -2.29. The molecule has 16 nitrogen and oxygen atoms in total. The van der Waals surface area contributed by atoms with Crippen LogP contribution in [-0.2, 0) is 55.8 Å². The zero-order valence-corrected chi connectivity index (χ0v) is 70.8. The maximum absolute atomic E-state index is 13.0. The summed E-state index contributed by atoms with van der Waals surface area (Å²) in [4.78, 5) is 58.8. The molecular formula is C93H152O16P2. The van der Waals surface area contributed by atoms with E-state index in [0.29, 0.717) is 25.7 Å². The van der Waals surface area contributed by atoms with Gasteiger partial charge in [-0.3, -0.25) is 32.5 Å². The molecule has 0 radical (unpaired) electrons. The van der Waals surface area contributed by atoms with E-state index in [9.17, 15) is 43.5 Å². The molecule has 0 aliphatic rings. The molecule has 630 valence electrons. The van der Waals surface area contributed by atoms with Crippen molar-refractivity contribution in [2.24, 2.45) is 0 Å². The van der Waals surface area contributed by atoms with Gasteiger partial charge in [0.05, 0.1) is 26.4 Å². The molecule has 5 unspecified atom stereocenters. The first-order chi connectivity index (χ1) is 54.2. The van der Waals surface area contributed by atoms with Crippen LogP contribution in [0.3, 0.4) is 0 Å². The number of esters is 3. The Hall–Kier alpha value is -5.61. The van der Waals surface area contributed by atoms with Gasteiger partial charge in [-0.1, -0.05) is 337 Å². The minimum absolute atomic E-state index is 0.0285.